The van der Waals surface area contributed by atoms with Crippen molar-refractivity contribution in [3.8, 4) is 0 Å². The normalized spacial score (nSPS) is 10.4. The van der Waals surface area contributed by atoms with E-state index in [0.29, 0.717) is 5.56 Å². The molecule has 0 unspecified atom stereocenters. The first-order valence-electron chi connectivity index (χ1n) is 5.38. The van der Waals surface area contributed by atoms with Crippen LogP contribution in [0, 0.1) is 6.92 Å². The maximum Gasteiger partial charge on any atom is 0.254 e. The van der Waals surface area contributed by atoms with Crippen molar-refractivity contribution in [2.45, 2.75) is 6.92 Å². The van der Waals surface area contributed by atoms with E-state index in [0.717, 1.165) is 10.0 Å². The molecule has 0 aliphatic heterocycles. The summed E-state index contributed by atoms with van der Waals surface area (Å²) in [6.07, 6.45) is 0. The fraction of sp³-hybridized carbons (Fsp3) is 0.417. The Morgan fingerprint density at radius 2 is 1.88 bits per heavy atom. The minimum atomic E-state index is -0.174. The highest BCUT2D eigenvalue weighted by molar-refractivity contribution is 9.10. The number of carbonyl (C=O) groups is 1. The topological polar surface area (TPSA) is 60.8 Å². The van der Waals surface area contributed by atoms with Crippen molar-refractivity contribution < 1.29 is 15.0 Å². The van der Waals surface area contributed by atoms with Gasteiger partial charge in [-0.2, -0.15) is 0 Å². The van der Waals surface area contributed by atoms with Gasteiger partial charge >= 0.3 is 0 Å². The van der Waals surface area contributed by atoms with Crippen molar-refractivity contribution in [2.75, 3.05) is 26.3 Å². The van der Waals surface area contributed by atoms with E-state index in [1.165, 1.54) is 4.90 Å². The van der Waals surface area contributed by atoms with E-state index in [1.54, 1.807) is 12.1 Å². The second-order valence-electron chi connectivity index (χ2n) is 3.65. The molecule has 0 saturated heterocycles. The van der Waals surface area contributed by atoms with Gasteiger partial charge in [-0.05, 0) is 24.6 Å². The van der Waals surface area contributed by atoms with Gasteiger partial charge in [0.1, 0.15) is 0 Å². The lowest BCUT2D eigenvalue weighted by atomic mass is 10.1. The van der Waals surface area contributed by atoms with Crippen LogP contribution in [-0.2, 0) is 0 Å². The Bertz CT molecular complexity index is 389. The van der Waals surface area contributed by atoms with Crippen LogP contribution >= 0.6 is 15.9 Å². The van der Waals surface area contributed by atoms with Crippen molar-refractivity contribution in [1.82, 2.24) is 4.90 Å². The fourth-order valence-corrected chi connectivity index (χ4v) is 1.93. The van der Waals surface area contributed by atoms with E-state index in [2.05, 4.69) is 15.9 Å². The third kappa shape index (κ3) is 3.52. The predicted octanol–water partition coefficient (Wildman–Crippen LogP) is 1.18. The maximum atomic E-state index is 12.2. The van der Waals surface area contributed by atoms with Crippen LogP contribution in [-0.4, -0.2) is 47.3 Å². The van der Waals surface area contributed by atoms with E-state index in [1.807, 2.05) is 13.0 Å². The molecule has 17 heavy (non-hydrogen) atoms. The van der Waals surface area contributed by atoms with Crippen LogP contribution in [0.4, 0.5) is 0 Å². The van der Waals surface area contributed by atoms with Gasteiger partial charge in [0, 0.05) is 23.1 Å². The van der Waals surface area contributed by atoms with Gasteiger partial charge < -0.3 is 15.1 Å². The first-order valence-corrected chi connectivity index (χ1v) is 6.17. The highest BCUT2D eigenvalue weighted by Crippen LogP contribution is 2.20. The third-order valence-electron chi connectivity index (χ3n) is 2.53. The lowest BCUT2D eigenvalue weighted by Gasteiger charge is -2.21. The molecule has 0 atom stereocenters. The number of aliphatic hydroxyl groups excluding tert-OH is 2. The monoisotopic (exact) mass is 301 g/mol. The largest absolute Gasteiger partial charge is 0.395 e. The van der Waals surface area contributed by atoms with Gasteiger partial charge in [0.05, 0.1) is 13.2 Å². The van der Waals surface area contributed by atoms with E-state index in [-0.39, 0.29) is 32.2 Å². The van der Waals surface area contributed by atoms with Crippen LogP contribution in [0.25, 0.3) is 0 Å². The molecule has 0 aliphatic carbocycles. The van der Waals surface area contributed by atoms with Crippen LogP contribution in [0.3, 0.4) is 0 Å². The number of nitrogens with zero attached hydrogens (tertiary/aromatic N) is 1. The summed E-state index contributed by atoms with van der Waals surface area (Å²) in [6.45, 7) is 2.08. The van der Waals surface area contributed by atoms with Crippen molar-refractivity contribution in [3.05, 3.63) is 33.8 Å². The number of benzene rings is 1. The summed E-state index contributed by atoms with van der Waals surface area (Å²) < 4.78 is 0.872. The van der Waals surface area contributed by atoms with Crippen molar-refractivity contribution in [1.29, 1.82) is 0 Å². The molecule has 0 fully saturated rings. The Hall–Kier alpha value is -0.910. The number of carbonyl (C=O) groups excluding carboxylic acids is 1. The minimum absolute atomic E-state index is 0.112. The molecule has 4 nitrogen and oxygen atoms in total. The molecule has 0 bridgehead atoms. The van der Waals surface area contributed by atoms with Crippen LogP contribution in [0.1, 0.15) is 15.9 Å². The van der Waals surface area contributed by atoms with Gasteiger partial charge in [-0.1, -0.05) is 22.0 Å². The van der Waals surface area contributed by atoms with Crippen LogP contribution in [0.5, 0.6) is 0 Å². The number of hydrogen-bond donors (Lipinski definition) is 2. The number of aliphatic hydroxyl groups is 2. The van der Waals surface area contributed by atoms with Crippen LogP contribution in [0.2, 0.25) is 0 Å². The fourth-order valence-electron chi connectivity index (χ4n) is 1.57. The van der Waals surface area contributed by atoms with Crippen molar-refractivity contribution >= 4 is 21.8 Å². The molecule has 1 amide bonds. The van der Waals surface area contributed by atoms with Gasteiger partial charge in [-0.15, -0.1) is 0 Å². The van der Waals surface area contributed by atoms with Gasteiger partial charge in [-0.25, -0.2) is 0 Å². The highest BCUT2D eigenvalue weighted by Gasteiger charge is 2.17. The number of halogens is 1. The summed E-state index contributed by atoms with van der Waals surface area (Å²) in [5, 5.41) is 17.8. The maximum absolute atomic E-state index is 12.2. The zero-order valence-electron chi connectivity index (χ0n) is 9.69. The molecule has 5 heteroatoms. The average Bonchev–Trinajstić information content (AvgIpc) is 2.31. The molecular formula is C12H16BrNO3. The Kier molecular flexibility index (Phi) is 5.61. The molecular weight excluding hydrogens is 286 g/mol. The van der Waals surface area contributed by atoms with Crippen molar-refractivity contribution in [3.63, 3.8) is 0 Å². The van der Waals surface area contributed by atoms with Gasteiger partial charge in [0.2, 0.25) is 0 Å². The highest BCUT2D eigenvalue weighted by atomic mass is 79.9. The Labute approximate surface area is 109 Å². The zero-order chi connectivity index (χ0) is 12.8. The van der Waals surface area contributed by atoms with Gasteiger partial charge in [0.25, 0.3) is 5.91 Å². The van der Waals surface area contributed by atoms with E-state index in [4.69, 9.17) is 10.2 Å². The first kappa shape index (κ1) is 14.2. The summed E-state index contributed by atoms with van der Waals surface area (Å²) >= 11 is 3.37. The molecule has 94 valence electrons. The van der Waals surface area contributed by atoms with E-state index in [9.17, 15) is 4.79 Å². The standard InChI is InChI=1S/C12H16BrNO3/c1-9-10(3-2-4-11(9)13)12(17)14(5-7-15)6-8-16/h2-4,15-16H,5-8H2,1H3. The summed E-state index contributed by atoms with van der Waals surface area (Å²) in [5.41, 5.74) is 1.44. The third-order valence-corrected chi connectivity index (χ3v) is 3.38. The first-order chi connectivity index (χ1) is 8.11. The number of amides is 1. The van der Waals surface area contributed by atoms with Crippen LogP contribution in [0.15, 0.2) is 22.7 Å². The average molecular weight is 302 g/mol. The summed E-state index contributed by atoms with van der Waals surface area (Å²) in [6, 6.07) is 5.40. The summed E-state index contributed by atoms with van der Waals surface area (Å²) in [7, 11) is 0. The minimum Gasteiger partial charge on any atom is -0.395 e. The van der Waals surface area contributed by atoms with Gasteiger partial charge in [0.15, 0.2) is 0 Å². The molecule has 1 aromatic carbocycles. The van der Waals surface area contributed by atoms with Crippen molar-refractivity contribution in [2.24, 2.45) is 0 Å². The molecule has 1 rings (SSSR count). The second-order valence-corrected chi connectivity index (χ2v) is 4.51. The lowest BCUT2D eigenvalue weighted by Crippen LogP contribution is -2.36. The lowest BCUT2D eigenvalue weighted by molar-refractivity contribution is 0.0684. The SMILES string of the molecule is Cc1c(Br)cccc1C(=O)N(CCO)CCO. The predicted molar refractivity (Wildman–Crippen MR) is 69.0 cm³/mol. The Balaban J connectivity index is 2.96. The number of rotatable bonds is 5. The zero-order valence-corrected chi connectivity index (χ0v) is 11.3. The smallest absolute Gasteiger partial charge is 0.254 e. The molecule has 0 aromatic heterocycles. The molecule has 0 heterocycles. The quantitative estimate of drug-likeness (QED) is 0.859. The van der Waals surface area contributed by atoms with E-state index < -0.39 is 0 Å². The molecule has 0 saturated carbocycles. The summed E-state index contributed by atoms with van der Waals surface area (Å²) in [5.74, 6) is -0.174. The number of hydrogen-bond acceptors (Lipinski definition) is 3. The summed E-state index contributed by atoms with van der Waals surface area (Å²) in [4.78, 5) is 13.6. The molecule has 1 aromatic rings. The molecule has 2 N–H and O–H groups in total. The van der Waals surface area contributed by atoms with E-state index >= 15 is 0 Å². The molecule has 0 aliphatic rings. The van der Waals surface area contributed by atoms with Gasteiger partial charge in [-0.3, -0.25) is 4.79 Å². The van der Waals surface area contributed by atoms with Crippen LogP contribution < -0.4 is 0 Å². The molecule has 0 spiro atoms. The molecule has 0 radical (unpaired) electrons. The Morgan fingerprint density at radius 3 is 2.41 bits per heavy atom. The Morgan fingerprint density at radius 1 is 1.29 bits per heavy atom. The second kappa shape index (κ2) is 6.74.